The van der Waals surface area contributed by atoms with Crippen molar-refractivity contribution in [2.75, 3.05) is 11.9 Å². The zero-order valence-electron chi connectivity index (χ0n) is 12.3. The molecule has 21 heavy (non-hydrogen) atoms. The summed E-state index contributed by atoms with van der Waals surface area (Å²) in [6, 6.07) is 6.75. The second-order valence-corrected chi connectivity index (χ2v) is 5.36. The SMILES string of the molecule is CCCNC(=O)C1CC1C(=O)Nc1ccc(C(C)=O)cc1. The van der Waals surface area contributed by atoms with Crippen LogP contribution in [0.25, 0.3) is 0 Å². The van der Waals surface area contributed by atoms with Gasteiger partial charge in [-0.1, -0.05) is 6.92 Å². The van der Waals surface area contributed by atoms with Gasteiger partial charge in [0.25, 0.3) is 0 Å². The molecule has 1 aromatic rings. The Morgan fingerprint density at radius 3 is 2.29 bits per heavy atom. The van der Waals surface area contributed by atoms with Crippen LogP contribution in [0.2, 0.25) is 0 Å². The molecule has 0 aromatic heterocycles. The third-order valence-electron chi connectivity index (χ3n) is 3.57. The molecule has 5 heteroatoms. The Morgan fingerprint density at radius 2 is 1.71 bits per heavy atom. The van der Waals surface area contributed by atoms with E-state index in [9.17, 15) is 14.4 Å². The molecule has 2 amide bonds. The standard InChI is InChI=1S/C16H20N2O3/c1-3-8-17-15(20)13-9-14(13)16(21)18-12-6-4-11(5-7-12)10(2)19/h4-7,13-14H,3,8-9H2,1-2H3,(H,17,20)(H,18,21). The number of anilines is 1. The minimum absolute atomic E-state index is 0.0114. The van der Waals surface area contributed by atoms with Crippen LogP contribution in [0.15, 0.2) is 24.3 Å². The number of ketones is 1. The van der Waals surface area contributed by atoms with Gasteiger partial charge in [0.15, 0.2) is 5.78 Å². The highest BCUT2D eigenvalue weighted by molar-refractivity contribution is 6.00. The fraction of sp³-hybridized carbons (Fsp3) is 0.438. The second-order valence-electron chi connectivity index (χ2n) is 5.36. The maximum Gasteiger partial charge on any atom is 0.228 e. The van der Waals surface area contributed by atoms with Crippen LogP contribution in [0.4, 0.5) is 5.69 Å². The molecular formula is C16H20N2O3. The van der Waals surface area contributed by atoms with E-state index in [1.54, 1.807) is 24.3 Å². The Morgan fingerprint density at radius 1 is 1.10 bits per heavy atom. The quantitative estimate of drug-likeness (QED) is 0.786. The second kappa shape index (κ2) is 6.52. The lowest BCUT2D eigenvalue weighted by atomic mass is 10.1. The first-order valence-corrected chi connectivity index (χ1v) is 7.22. The van der Waals surface area contributed by atoms with Gasteiger partial charge in [-0.2, -0.15) is 0 Å². The van der Waals surface area contributed by atoms with E-state index in [0.717, 1.165) is 6.42 Å². The third kappa shape index (κ3) is 3.90. The summed E-state index contributed by atoms with van der Waals surface area (Å²) in [5.41, 5.74) is 1.25. The zero-order chi connectivity index (χ0) is 15.4. The number of amides is 2. The molecule has 0 aliphatic heterocycles. The minimum Gasteiger partial charge on any atom is -0.356 e. The highest BCUT2D eigenvalue weighted by atomic mass is 16.2. The number of hydrogen-bond acceptors (Lipinski definition) is 3. The number of benzene rings is 1. The molecule has 0 spiro atoms. The summed E-state index contributed by atoms with van der Waals surface area (Å²) < 4.78 is 0. The average molecular weight is 288 g/mol. The number of nitrogens with one attached hydrogen (secondary N) is 2. The maximum atomic E-state index is 12.0. The van der Waals surface area contributed by atoms with Crippen LogP contribution in [0.5, 0.6) is 0 Å². The van der Waals surface area contributed by atoms with Crippen molar-refractivity contribution in [1.82, 2.24) is 5.32 Å². The van der Waals surface area contributed by atoms with Gasteiger partial charge >= 0.3 is 0 Å². The van der Waals surface area contributed by atoms with Gasteiger partial charge in [0, 0.05) is 17.8 Å². The predicted octanol–water partition coefficient (Wildman–Crippen LogP) is 1.99. The normalized spacial score (nSPS) is 19.7. The number of rotatable bonds is 6. The van der Waals surface area contributed by atoms with Gasteiger partial charge < -0.3 is 10.6 Å². The first kappa shape index (κ1) is 15.2. The van der Waals surface area contributed by atoms with Crippen molar-refractivity contribution in [3.05, 3.63) is 29.8 Å². The summed E-state index contributed by atoms with van der Waals surface area (Å²) in [4.78, 5) is 34.9. The van der Waals surface area contributed by atoms with E-state index in [1.807, 2.05) is 6.92 Å². The third-order valence-corrected chi connectivity index (χ3v) is 3.57. The predicted molar refractivity (Wildman–Crippen MR) is 80.0 cm³/mol. The largest absolute Gasteiger partial charge is 0.356 e. The van der Waals surface area contributed by atoms with E-state index >= 15 is 0 Å². The van der Waals surface area contributed by atoms with Crippen molar-refractivity contribution in [1.29, 1.82) is 0 Å². The van der Waals surface area contributed by atoms with E-state index in [0.29, 0.717) is 24.2 Å². The van der Waals surface area contributed by atoms with Crippen LogP contribution in [-0.2, 0) is 9.59 Å². The molecule has 1 aromatic carbocycles. The van der Waals surface area contributed by atoms with Crippen LogP contribution in [0.3, 0.4) is 0 Å². The summed E-state index contributed by atoms with van der Waals surface area (Å²) in [5.74, 6) is -0.628. The van der Waals surface area contributed by atoms with Crippen LogP contribution < -0.4 is 10.6 Å². The Balaban J connectivity index is 1.85. The molecule has 0 heterocycles. The summed E-state index contributed by atoms with van der Waals surface area (Å²) in [6.07, 6.45) is 1.49. The van der Waals surface area contributed by atoms with E-state index in [2.05, 4.69) is 10.6 Å². The van der Waals surface area contributed by atoms with Crippen molar-refractivity contribution in [2.24, 2.45) is 11.8 Å². The van der Waals surface area contributed by atoms with Crippen LogP contribution in [0.1, 0.15) is 37.0 Å². The first-order chi connectivity index (χ1) is 10.0. The van der Waals surface area contributed by atoms with E-state index in [1.165, 1.54) is 6.92 Å². The van der Waals surface area contributed by atoms with Gasteiger partial charge in [0.2, 0.25) is 11.8 Å². The molecule has 5 nitrogen and oxygen atoms in total. The molecule has 2 rings (SSSR count). The monoisotopic (exact) mass is 288 g/mol. The maximum absolute atomic E-state index is 12.0. The van der Waals surface area contributed by atoms with Gasteiger partial charge in [-0.3, -0.25) is 14.4 Å². The lowest BCUT2D eigenvalue weighted by Crippen LogP contribution is -2.27. The minimum atomic E-state index is -0.241. The molecule has 1 aliphatic carbocycles. The Hall–Kier alpha value is -2.17. The molecule has 1 aliphatic rings. The number of carbonyl (C=O) groups is 3. The average Bonchev–Trinajstić information content (AvgIpc) is 3.26. The Kier molecular flexibility index (Phi) is 4.73. The fourth-order valence-corrected chi connectivity index (χ4v) is 2.18. The topological polar surface area (TPSA) is 75.3 Å². The number of Topliss-reactive ketones (excluding diaryl/α,β-unsaturated/α-hetero) is 1. The molecule has 0 bridgehead atoms. The number of carbonyl (C=O) groups excluding carboxylic acids is 3. The van der Waals surface area contributed by atoms with Crippen molar-refractivity contribution in [3.63, 3.8) is 0 Å². The molecule has 1 fully saturated rings. The molecular weight excluding hydrogens is 268 g/mol. The molecule has 2 N–H and O–H groups in total. The van der Waals surface area contributed by atoms with E-state index < -0.39 is 0 Å². The lowest BCUT2D eigenvalue weighted by Gasteiger charge is -2.06. The van der Waals surface area contributed by atoms with E-state index in [4.69, 9.17) is 0 Å². The highest BCUT2D eigenvalue weighted by Gasteiger charge is 2.47. The zero-order valence-corrected chi connectivity index (χ0v) is 12.3. The van der Waals surface area contributed by atoms with E-state index in [-0.39, 0.29) is 29.4 Å². The summed E-state index contributed by atoms with van der Waals surface area (Å²) in [5, 5.41) is 5.59. The number of hydrogen-bond donors (Lipinski definition) is 2. The Bertz CT molecular complexity index is 551. The Labute approximate surface area is 124 Å². The molecule has 1 saturated carbocycles. The first-order valence-electron chi connectivity index (χ1n) is 7.22. The lowest BCUT2D eigenvalue weighted by molar-refractivity contribution is -0.125. The van der Waals surface area contributed by atoms with Crippen molar-refractivity contribution >= 4 is 23.3 Å². The molecule has 112 valence electrons. The summed E-state index contributed by atoms with van der Waals surface area (Å²) >= 11 is 0. The van der Waals surface area contributed by atoms with Crippen LogP contribution in [0, 0.1) is 11.8 Å². The van der Waals surface area contributed by atoms with Gasteiger partial charge in [0.1, 0.15) is 0 Å². The van der Waals surface area contributed by atoms with Crippen molar-refractivity contribution < 1.29 is 14.4 Å². The summed E-state index contributed by atoms with van der Waals surface area (Å²) in [6.45, 7) is 4.13. The van der Waals surface area contributed by atoms with Gasteiger partial charge in [0.05, 0.1) is 11.8 Å². The highest BCUT2D eigenvalue weighted by Crippen LogP contribution is 2.39. The van der Waals surface area contributed by atoms with Gasteiger partial charge in [-0.05, 0) is 44.0 Å². The molecule has 2 unspecified atom stereocenters. The van der Waals surface area contributed by atoms with Gasteiger partial charge in [-0.25, -0.2) is 0 Å². The smallest absolute Gasteiger partial charge is 0.228 e. The molecule has 2 atom stereocenters. The molecule has 0 radical (unpaired) electrons. The molecule has 0 saturated heterocycles. The van der Waals surface area contributed by atoms with Crippen molar-refractivity contribution in [2.45, 2.75) is 26.7 Å². The fourth-order valence-electron chi connectivity index (χ4n) is 2.18. The van der Waals surface area contributed by atoms with Crippen molar-refractivity contribution in [3.8, 4) is 0 Å². The van der Waals surface area contributed by atoms with Crippen LogP contribution >= 0.6 is 0 Å². The van der Waals surface area contributed by atoms with Gasteiger partial charge in [-0.15, -0.1) is 0 Å². The summed E-state index contributed by atoms with van der Waals surface area (Å²) in [7, 11) is 0. The van der Waals surface area contributed by atoms with Crippen LogP contribution in [-0.4, -0.2) is 24.1 Å².